The highest BCUT2D eigenvalue weighted by Crippen LogP contribution is 2.54. The van der Waals surface area contributed by atoms with Crippen LogP contribution in [0.4, 0.5) is 39.5 Å². The zero-order chi connectivity index (χ0) is 25.2. The summed E-state index contributed by atoms with van der Waals surface area (Å²) in [7, 11) is -7.18. The van der Waals surface area contributed by atoms with Crippen LogP contribution in [0.5, 0.6) is 0 Å². The van der Waals surface area contributed by atoms with Crippen LogP contribution in [0, 0.1) is 5.92 Å². The molecule has 0 unspecified atom stereocenters. The predicted molar refractivity (Wildman–Crippen MR) is 93.8 cm³/mol. The minimum atomic E-state index is -7.43. The second-order valence-corrected chi connectivity index (χ2v) is 11.0. The van der Waals surface area contributed by atoms with Crippen molar-refractivity contribution in [3.05, 3.63) is 0 Å². The molecule has 5 nitrogen and oxygen atoms in total. The first-order valence-electron chi connectivity index (χ1n) is 9.10. The number of carbonyl (C=O) groups excluding carboxylic acids is 2. The molecule has 0 radical (unpaired) electrons. The molecule has 1 saturated heterocycles. The van der Waals surface area contributed by atoms with E-state index >= 15 is 0 Å². The van der Waals surface area contributed by atoms with E-state index in [1.807, 2.05) is 0 Å². The van der Waals surface area contributed by atoms with Gasteiger partial charge in [0.15, 0.2) is 21.7 Å². The first-order valence-corrected chi connectivity index (χ1v) is 12.2. The van der Waals surface area contributed by atoms with Gasteiger partial charge in [0.05, 0.1) is 12.8 Å². The van der Waals surface area contributed by atoms with E-state index in [0.29, 0.717) is 17.5 Å². The second-order valence-electron chi connectivity index (χ2n) is 7.27. The Morgan fingerprint density at radius 2 is 1.34 bits per heavy atom. The molecule has 0 N–H and O–H groups in total. The van der Waals surface area contributed by atoms with Crippen LogP contribution in [0.2, 0.25) is 0 Å². The first kappa shape index (κ1) is 29.0. The molecular weight excluding hydrogens is 507 g/mol. The van der Waals surface area contributed by atoms with Gasteiger partial charge in [-0.05, 0) is 23.7 Å². The fraction of sp³-hybridized carbons (Fsp3) is 0.875. The number of alkyl halides is 9. The van der Waals surface area contributed by atoms with Crippen molar-refractivity contribution < 1.29 is 62.1 Å². The van der Waals surface area contributed by atoms with Crippen molar-refractivity contribution >= 4 is 32.6 Å². The van der Waals surface area contributed by atoms with E-state index in [1.54, 1.807) is 0 Å². The Morgan fingerprint density at radius 3 is 1.72 bits per heavy atom. The van der Waals surface area contributed by atoms with Crippen LogP contribution in [-0.4, -0.2) is 65.1 Å². The Balaban J connectivity index is 0.000000321. The van der Waals surface area contributed by atoms with Gasteiger partial charge in [-0.15, -0.1) is 0 Å². The molecule has 1 aliphatic carbocycles. The normalized spacial score (nSPS) is 20.1. The smallest absolute Gasteiger partial charge is 0.460 e. The van der Waals surface area contributed by atoms with Gasteiger partial charge < -0.3 is 4.55 Å². The molecule has 1 heterocycles. The molecule has 1 saturated carbocycles. The zero-order valence-corrected chi connectivity index (χ0v) is 17.8. The van der Waals surface area contributed by atoms with E-state index in [9.17, 15) is 62.1 Å². The van der Waals surface area contributed by atoms with E-state index in [0.717, 1.165) is 42.9 Å². The number of ketones is 2. The van der Waals surface area contributed by atoms with Crippen LogP contribution in [0.3, 0.4) is 0 Å². The fourth-order valence-corrected chi connectivity index (χ4v) is 5.58. The minimum absolute atomic E-state index is 0.238. The highest BCUT2D eigenvalue weighted by Gasteiger charge is 2.83. The molecule has 0 amide bonds. The number of Topliss-reactive ketones (excluding diaryl/α,β-unsaturated/α-hetero) is 2. The third-order valence-electron chi connectivity index (χ3n) is 4.93. The zero-order valence-electron chi connectivity index (χ0n) is 16.2. The molecule has 0 aromatic rings. The van der Waals surface area contributed by atoms with Crippen molar-refractivity contribution in [1.29, 1.82) is 0 Å². The lowest BCUT2D eigenvalue weighted by Gasteiger charge is -2.34. The molecule has 1 aliphatic heterocycles. The summed E-state index contributed by atoms with van der Waals surface area (Å²) in [5.41, 5.74) is 0. The van der Waals surface area contributed by atoms with Gasteiger partial charge in [0.25, 0.3) is 0 Å². The third-order valence-corrected chi connectivity index (χ3v) is 8.07. The molecule has 0 aromatic heterocycles. The Kier molecular flexibility index (Phi) is 9.13. The molecule has 2 rings (SSSR count). The van der Waals surface area contributed by atoms with E-state index in [4.69, 9.17) is 0 Å². The number of rotatable bonds is 6. The Morgan fingerprint density at radius 1 is 0.906 bits per heavy atom. The van der Waals surface area contributed by atoms with Crippen LogP contribution in [0.1, 0.15) is 38.5 Å². The number of hydrogen-bond donors (Lipinski definition) is 0. The van der Waals surface area contributed by atoms with Crippen LogP contribution in [0.15, 0.2) is 0 Å². The van der Waals surface area contributed by atoms with Crippen molar-refractivity contribution in [2.75, 3.05) is 17.3 Å². The maximum absolute atomic E-state index is 12.2. The minimum Gasteiger partial charge on any atom is -0.743 e. The maximum atomic E-state index is 12.2. The lowest BCUT2D eigenvalue weighted by Crippen LogP contribution is -2.63. The summed E-state index contributed by atoms with van der Waals surface area (Å²) in [6.45, 7) is 0. The lowest BCUT2D eigenvalue weighted by atomic mass is 10.0. The molecule has 0 atom stereocenters. The summed E-state index contributed by atoms with van der Waals surface area (Å²) < 4.78 is 135. The van der Waals surface area contributed by atoms with Crippen LogP contribution < -0.4 is 0 Å². The standard InChI is InChI=1S/C12H19O2S.C4HF9O3S/c13-11-5-7-15(8-6-11)9-12(14)10-3-1-2-4-10;5-1(6,3(9,10)11)2(7,8)4(12,13)17(14,15)16/h10H,1-9H2;(H,14,15,16)/q+1;/p-1. The molecule has 0 bridgehead atoms. The molecule has 2 aliphatic rings. The predicted octanol–water partition coefficient (Wildman–Crippen LogP) is 3.68. The summed E-state index contributed by atoms with van der Waals surface area (Å²) in [5, 5.41) is -7.11. The third kappa shape index (κ3) is 6.30. The molecule has 188 valence electrons. The number of hydrogen-bond acceptors (Lipinski definition) is 5. The van der Waals surface area contributed by atoms with Crippen LogP contribution in [-0.2, 0) is 30.6 Å². The van der Waals surface area contributed by atoms with Gasteiger partial charge >= 0.3 is 23.3 Å². The van der Waals surface area contributed by atoms with Crippen molar-refractivity contribution in [1.82, 2.24) is 0 Å². The van der Waals surface area contributed by atoms with Crippen molar-refractivity contribution in [2.45, 2.75) is 61.8 Å². The van der Waals surface area contributed by atoms with Crippen LogP contribution in [0.25, 0.3) is 0 Å². The van der Waals surface area contributed by atoms with Gasteiger partial charge in [0, 0.05) is 5.92 Å². The highest BCUT2D eigenvalue weighted by molar-refractivity contribution is 7.97. The Labute approximate surface area is 180 Å². The molecule has 16 heteroatoms. The molecule has 0 spiro atoms. The molecule has 32 heavy (non-hydrogen) atoms. The lowest BCUT2D eigenvalue weighted by molar-refractivity contribution is -0.382. The molecule has 0 aromatic carbocycles. The second kappa shape index (κ2) is 10.1. The fourth-order valence-electron chi connectivity index (χ4n) is 2.97. The van der Waals surface area contributed by atoms with Gasteiger partial charge in [-0.3, -0.25) is 9.59 Å². The summed E-state index contributed by atoms with van der Waals surface area (Å²) in [4.78, 5) is 23.0. The van der Waals surface area contributed by atoms with E-state index < -0.39 is 33.4 Å². The van der Waals surface area contributed by atoms with E-state index in [2.05, 4.69) is 0 Å². The van der Waals surface area contributed by atoms with Gasteiger partial charge in [-0.25, -0.2) is 8.42 Å². The summed E-state index contributed by atoms with van der Waals surface area (Å²) in [6, 6.07) is 0. The van der Waals surface area contributed by atoms with E-state index in [-0.39, 0.29) is 10.9 Å². The van der Waals surface area contributed by atoms with Crippen molar-refractivity contribution in [3.63, 3.8) is 0 Å². The SMILES string of the molecule is O=C1CC[S+](CC(=O)C2CCCC2)CC1.O=S(=O)([O-])C(F)(F)C(F)(F)C(F)(F)C(F)(F)F. The van der Waals surface area contributed by atoms with E-state index in [1.165, 1.54) is 12.8 Å². The largest absolute Gasteiger partial charge is 0.743 e. The van der Waals surface area contributed by atoms with Crippen LogP contribution >= 0.6 is 0 Å². The monoisotopic (exact) mass is 526 g/mol. The molecular formula is C16H19F9O5S2. The average molecular weight is 526 g/mol. The van der Waals surface area contributed by atoms with Gasteiger partial charge in [0.1, 0.15) is 17.3 Å². The summed E-state index contributed by atoms with van der Waals surface area (Å²) >= 11 is 0. The first-order chi connectivity index (χ1) is 14.3. The average Bonchev–Trinajstić information content (AvgIpc) is 3.17. The summed E-state index contributed by atoms with van der Waals surface area (Å²) in [6.07, 6.45) is -0.998. The quantitative estimate of drug-likeness (QED) is 0.299. The Hall–Kier alpha value is -1.03. The Bertz CT molecular complexity index is 780. The van der Waals surface area contributed by atoms with Gasteiger partial charge in [-0.1, -0.05) is 12.8 Å². The summed E-state index contributed by atoms with van der Waals surface area (Å²) in [5.74, 6) is -10.8. The maximum Gasteiger partial charge on any atom is 0.460 e. The van der Waals surface area contributed by atoms with Gasteiger partial charge in [0.2, 0.25) is 0 Å². The van der Waals surface area contributed by atoms with Crippen molar-refractivity contribution in [3.8, 4) is 0 Å². The van der Waals surface area contributed by atoms with Crippen molar-refractivity contribution in [2.24, 2.45) is 5.92 Å². The number of halogens is 9. The topological polar surface area (TPSA) is 91.3 Å². The molecule has 2 fully saturated rings. The number of carbonyl (C=O) groups is 2. The van der Waals surface area contributed by atoms with Gasteiger partial charge in [-0.2, -0.15) is 39.5 Å². The highest BCUT2D eigenvalue weighted by atomic mass is 32.2.